The molecule has 0 saturated carbocycles. The van der Waals surface area contributed by atoms with Gasteiger partial charge in [-0.15, -0.1) is 0 Å². The van der Waals surface area contributed by atoms with E-state index in [-0.39, 0.29) is 11.9 Å². The number of nitrogens with one attached hydrogen (secondary N) is 2. The molecule has 1 aromatic rings. The molecule has 1 aliphatic heterocycles. The predicted molar refractivity (Wildman–Crippen MR) is 65.7 cm³/mol. The molecule has 1 fully saturated rings. The average molecular weight is 257 g/mol. The molecule has 1 atom stereocenters. The van der Waals surface area contributed by atoms with Crippen LogP contribution in [0.1, 0.15) is 19.3 Å². The minimum atomic E-state index is -0.413. The summed E-state index contributed by atoms with van der Waals surface area (Å²) in [5, 5.41) is 6.20. The Balaban J connectivity index is 1.95. The Kier molecular flexibility index (Phi) is 3.97. The summed E-state index contributed by atoms with van der Waals surface area (Å²) in [7, 11) is 0. The van der Waals surface area contributed by atoms with Gasteiger partial charge in [-0.1, -0.05) is 11.6 Å². The van der Waals surface area contributed by atoms with E-state index in [1.807, 2.05) is 0 Å². The molecular formula is C12H14ClFN2O. The van der Waals surface area contributed by atoms with Crippen molar-refractivity contribution in [3.8, 4) is 0 Å². The third-order valence-electron chi connectivity index (χ3n) is 2.80. The summed E-state index contributed by atoms with van der Waals surface area (Å²) in [6.07, 6.45) is 2.50. The third kappa shape index (κ3) is 3.41. The van der Waals surface area contributed by atoms with E-state index in [9.17, 15) is 9.18 Å². The second-order valence-corrected chi connectivity index (χ2v) is 4.58. The Labute approximate surface area is 104 Å². The molecular weight excluding hydrogens is 243 g/mol. The molecule has 1 aliphatic rings. The lowest BCUT2D eigenvalue weighted by molar-refractivity contribution is -0.116. The van der Waals surface area contributed by atoms with E-state index in [0.717, 1.165) is 19.4 Å². The number of carbonyl (C=O) groups is 1. The van der Waals surface area contributed by atoms with E-state index in [1.165, 1.54) is 18.2 Å². The van der Waals surface area contributed by atoms with Gasteiger partial charge in [-0.3, -0.25) is 4.79 Å². The first kappa shape index (κ1) is 12.3. The van der Waals surface area contributed by atoms with Gasteiger partial charge in [0.2, 0.25) is 5.91 Å². The quantitative estimate of drug-likeness (QED) is 0.873. The van der Waals surface area contributed by atoms with E-state index in [1.54, 1.807) is 0 Å². The van der Waals surface area contributed by atoms with Crippen molar-refractivity contribution in [3.05, 3.63) is 29.0 Å². The molecule has 0 radical (unpaired) electrons. The number of hydrogen-bond donors (Lipinski definition) is 2. The molecule has 2 rings (SSSR count). The summed E-state index contributed by atoms with van der Waals surface area (Å²) < 4.78 is 13.0. The first-order valence-corrected chi connectivity index (χ1v) is 6.01. The zero-order chi connectivity index (χ0) is 12.3. The van der Waals surface area contributed by atoms with Crippen LogP contribution in [-0.4, -0.2) is 18.5 Å². The van der Waals surface area contributed by atoms with Crippen molar-refractivity contribution >= 4 is 23.2 Å². The second-order valence-electron chi connectivity index (χ2n) is 4.17. The fourth-order valence-electron chi connectivity index (χ4n) is 1.95. The molecule has 0 aliphatic carbocycles. The van der Waals surface area contributed by atoms with Crippen LogP contribution in [0.4, 0.5) is 10.1 Å². The van der Waals surface area contributed by atoms with Gasteiger partial charge in [0.1, 0.15) is 5.82 Å². The molecule has 1 unspecified atom stereocenters. The summed E-state index contributed by atoms with van der Waals surface area (Å²) in [5.74, 6) is -0.555. The lowest BCUT2D eigenvalue weighted by atomic mass is 10.1. The fourth-order valence-corrected chi connectivity index (χ4v) is 2.11. The van der Waals surface area contributed by atoms with Gasteiger partial charge in [-0.05, 0) is 37.6 Å². The Bertz CT molecular complexity index is 419. The number of rotatable bonds is 3. The molecule has 1 heterocycles. The van der Waals surface area contributed by atoms with Crippen LogP contribution in [0.15, 0.2) is 18.2 Å². The summed E-state index contributed by atoms with van der Waals surface area (Å²) in [4.78, 5) is 11.7. The molecule has 92 valence electrons. The van der Waals surface area contributed by atoms with Gasteiger partial charge in [0.15, 0.2) is 0 Å². The van der Waals surface area contributed by atoms with Crippen LogP contribution >= 0.6 is 11.6 Å². The number of carbonyl (C=O) groups excluding carboxylic acids is 1. The van der Waals surface area contributed by atoms with Crippen molar-refractivity contribution in [1.82, 2.24) is 5.32 Å². The molecule has 1 aromatic carbocycles. The average Bonchev–Trinajstić information content (AvgIpc) is 2.76. The Morgan fingerprint density at radius 2 is 2.41 bits per heavy atom. The molecule has 1 amide bonds. The fraction of sp³-hybridized carbons (Fsp3) is 0.417. The minimum Gasteiger partial charge on any atom is -0.325 e. The maximum Gasteiger partial charge on any atom is 0.225 e. The van der Waals surface area contributed by atoms with Crippen molar-refractivity contribution in [2.45, 2.75) is 25.3 Å². The van der Waals surface area contributed by atoms with Crippen molar-refractivity contribution in [3.63, 3.8) is 0 Å². The molecule has 1 saturated heterocycles. The molecule has 2 N–H and O–H groups in total. The highest BCUT2D eigenvalue weighted by Gasteiger charge is 2.18. The zero-order valence-electron chi connectivity index (χ0n) is 9.30. The predicted octanol–water partition coefficient (Wildman–Crippen LogP) is 2.56. The molecule has 17 heavy (non-hydrogen) atoms. The largest absolute Gasteiger partial charge is 0.325 e. The Morgan fingerprint density at radius 3 is 3.12 bits per heavy atom. The smallest absolute Gasteiger partial charge is 0.225 e. The van der Waals surface area contributed by atoms with Gasteiger partial charge >= 0.3 is 0 Å². The zero-order valence-corrected chi connectivity index (χ0v) is 10.1. The first-order chi connectivity index (χ1) is 8.15. The van der Waals surface area contributed by atoms with Crippen molar-refractivity contribution < 1.29 is 9.18 Å². The minimum absolute atomic E-state index is 0.142. The summed E-state index contributed by atoms with van der Waals surface area (Å²) in [5.41, 5.74) is 0.328. The molecule has 0 aromatic heterocycles. The number of halogens is 2. The number of anilines is 1. The standard InChI is InChI=1S/C12H14ClFN2O/c13-10-4-3-8(14)6-11(10)16-12(17)7-9-2-1-5-15-9/h3-4,6,9,15H,1-2,5,7H2,(H,16,17). The highest BCUT2D eigenvalue weighted by molar-refractivity contribution is 6.33. The van der Waals surface area contributed by atoms with E-state index in [0.29, 0.717) is 17.1 Å². The van der Waals surface area contributed by atoms with Gasteiger partial charge in [0.25, 0.3) is 0 Å². The van der Waals surface area contributed by atoms with Crippen molar-refractivity contribution in [2.75, 3.05) is 11.9 Å². The highest BCUT2D eigenvalue weighted by Crippen LogP contribution is 2.22. The Hall–Kier alpha value is -1.13. The Morgan fingerprint density at radius 1 is 1.59 bits per heavy atom. The molecule has 0 bridgehead atoms. The summed E-state index contributed by atoms with van der Waals surface area (Å²) in [6, 6.07) is 4.14. The maximum absolute atomic E-state index is 13.0. The monoisotopic (exact) mass is 256 g/mol. The molecule has 0 spiro atoms. The lowest BCUT2D eigenvalue weighted by Gasteiger charge is -2.11. The van der Waals surface area contributed by atoms with Crippen LogP contribution in [0.2, 0.25) is 5.02 Å². The van der Waals surface area contributed by atoms with Crippen LogP contribution < -0.4 is 10.6 Å². The van der Waals surface area contributed by atoms with Crippen LogP contribution in [0.5, 0.6) is 0 Å². The van der Waals surface area contributed by atoms with Gasteiger partial charge in [0, 0.05) is 12.5 Å². The second kappa shape index (κ2) is 5.47. The van der Waals surface area contributed by atoms with Crippen LogP contribution in [-0.2, 0) is 4.79 Å². The maximum atomic E-state index is 13.0. The first-order valence-electron chi connectivity index (χ1n) is 5.63. The highest BCUT2D eigenvalue weighted by atomic mass is 35.5. The van der Waals surface area contributed by atoms with Gasteiger partial charge in [-0.25, -0.2) is 4.39 Å². The van der Waals surface area contributed by atoms with Crippen molar-refractivity contribution in [1.29, 1.82) is 0 Å². The van der Waals surface area contributed by atoms with Crippen LogP contribution in [0.25, 0.3) is 0 Å². The van der Waals surface area contributed by atoms with Crippen LogP contribution in [0.3, 0.4) is 0 Å². The van der Waals surface area contributed by atoms with E-state index in [2.05, 4.69) is 10.6 Å². The third-order valence-corrected chi connectivity index (χ3v) is 3.13. The lowest BCUT2D eigenvalue weighted by Crippen LogP contribution is -2.27. The molecule has 3 nitrogen and oxygen atoms in total. The van der Waals surface area contributed by atoms with E-state index < -0.39 is 5.82 Å². The van der Waals surface area contributed by atoms with Crippen LogP contribution in [0, 0.1) is 5.82 Å². The summed E-state index contributed by atoms with van der Waals surface area (Å²) >= 11 is 5.86. The van der Waals surface area contributed by atoms with Crippen molar-refractivity contribution in [2.24, 2.45) is 0 Å². The number of benzene rings is 1. The normalized spacial score (nSPS) is 19.3. The summed E-state index contributed by atoms with van der Waals surface area (Å²) in [6.45, 7) is 0.957. The topological polar surface area (TPSA) is 41.1 Å². The number of amides is 1. The molecule has 5 heteroatoms. The van der Waals surface area contributed by atoms with Gasteiger partial charge < -0.3 is 10.6 Å². The van der Waals surface area contributed by atoms with Gasteiger partial charge in [-0.2, -0.15) is 0 Å². The van der Waals surface area contributed by atoms with Gasteiger partial charge in [0.05, 0.1) is 10.7 Å². The number of hydrogen-bond acceptors (Lipinski definition) is 2. The van der Waals surface area contributed by atoms with E-state index >= 15 is 0 Å². The SMILES string of the molecule is O=C(CC1CCCN1)Nc1cc(F)ccc1Cl. The van der Waals surface area contributed by atoms with E-state index in [4.69, 9.17) is 11.6 Å².